The van der Waals surface area contributed by atoms with Gasteiger partial charge in [0.15, 0.2) is 0 Å². The number of nitriles is 1. The standard InChI is InChI=1S/C14H17ClN2/c1-11-2-3-13(8-14(11)15)10-17-6-4-12(9-16)5-7-17/h2-3,8,12H,4-7,10H2,1H3. The third kappa shape index (κ3) is 3.21. The molecule has 1 saturated heterocycles. The first kappa shape index (κ1) is 12.4. The van der Waals surface area contributed by atoms with Crippen molar-refractivity contribution in [1.29, 1.82) is 5.26 Å². The van der Waals surface area contributed by atoms with Crippen LogP contribution in [-0.4, -0.2) is 18.0 Å². The highest BCUT2D eigenvalue weighted by Crippen LogP contribution is 2.21. The van der Waals surface area contributed by atoms with E-state index in [1.807, 2.05) is 13.0 Å². The Hall–Kier alpha value is -1.04. The van der Waals surface area contributed by atoms with Gasteiger partial charge in [-0.2, -0.15) is 5.26 Å². The number of piperidine rings is 1. The van der Waals surface area contributed by atoms with Crippen molar-refractivity contribution >= 4 is 11.6 Å². The van der Waals surface area contributed by atoms with Crippen LogP contribution in [-0.2, 0) is 6.54 Å². The lowest BCUT2D eigenvalue weighted by molar-refractivity contribution is 0.198. The van der Waals surface area contributed by atoms with Gasteiger partial charge in [0.1, 0.15) is 0 Å². The molecule has 1 fully saturated rings. The molecule has 1 aromatic rings. The van der Waals surface area contributed by atoms with Crippen molar-refractivity contribution < 1.29 is 0 Å². The molecule has 1 heterocycles. The van der Waals surface area contributed by atoms with Crippen LogP contribution in [0.15, 0.2) is 18.2 Å². The van der Waals surface area contributed by atoms with Gasteiger partial charge in [-0.05, 0) is 50.0 Å². The molecule has 3 heteroatoms. The van der Waals surface area contributed by atoms with Gasteiger partial charge in [-0.15, -0.1) is 0 Å². The zero-order valence-corrected chi connectivity index (χ0v) is 10.9. The maximum Gasteiger partial charge on any atom is 0.0656 e. The molecular formula is C14H17ClN2. The third-order valence-corrected chi connectivity index (χ3v) is 3.82. The Morgan fingerprint density at radius 3 is 2.71 bits per heavy atom. The van der Waals surface area contributed by atoms with Gasteiger partial charge in [0.25, 0.3) is 0 Å². The zero-order chi connectivity index (χ0) is 12.3. The van der Waals surface area contributed by atoms with Crippen molar-refractivity contribution in [2.45, 2.75) is 26.3 Å². The van der Waals surface area contributed by atoms with Gasteiger partial charge < -0.3 is 0 Å². The Bertz CT molecular complexity index is 428. The van der Waals surface area contributed by atoms with Crippen LogP contribution < -0.4 is 0 Å². The fraction of sp³-hybridized carbons (Fsp3) is 0.500. The van der Waals surface area contributed by atoms with E-state index in [0.717, 1.165) is 43.1 Å². The SMILES string of the molecule is Cc1ccc(CN2CCC(C#N)CC2)cc1Cl. The smallest absolute Gasteiger partial charge is 0.0656 e. The molecular weight excluding hydrogens is 232 g/mol. The van der Waals surface area contributed by atoms with E-state index in [4.69, 9.17) is 16.9 Å². The summed E-state index contributed by atoms with van der Waals surface area (Å²) in [5.41, 5.74) is 2.38. The van der Waals surface area contributed by atoms with E-state index in [9.17, 15) is 0 Å². The van der Waals surface area contributed by atoms with Crippen LogP contribution in [0.4, 0.5) is 0 Å². The molecule has 2 rings (SSSR count). The van der Waals surface area contributed by atoms with E-state index in [0.29, 0.717) is 0 Å². The average molecular weight is 249 g/mol. The number of rotatable bonds is 2. The molecule has 0 spiro atoms. The largest absolute Gasteiger partial charge is 0.299 e. The summed E-state index contributed by atoms with van der Waals surface area (Å²) < 4.78 is 0. The van der Waals surface area contributed by atoms with Gasteiger partial charge in [-0.25, -0.2) is 0 Å². The van der Waals surface area contributed by atoms with Crippen LogP contribution >= 0.6 is 11.6 Å². The molecule has 0 unspecified atom stereocenters. The highest BCUT2D eigenvalue weighted by molar-refractivity contribution is 6.31. The summed E-state index contributed by atoms with van der Waals surface area (Å²) in [4.78, 5) is 2.40. The lowest BCUT2D eigenvalue weighted by atomic mass is 9.98. The van der Waals surface area contributed by atoms with Crippen molar-refractivity contribution in [3.05, 3.63) is 34.3 Å². The molecule has 1 aliphatic heterocycles. The number of aryl methyl sites for hydroxylation is 1. The summed E-state index contributed by atoms with van der Waals surface area (Å²) in [6.45, 7) is 5.00. The second-order valence-electron chi connectivity index (χ2n) is 4.76. The summed E-state index contributed by atoms with van der Waals surface area (Å²) in [6.07, 6.45) is 1.99. The van der Waals surface area contributed by atoms with Crippen molar-refractivity contribution in [1.82, 2.24) is 4.90 Å². The molecule has 0 aliphatic carbocycles. The van der Waals surface area contributed by atoms with E-state index in [2.05, 4.69) is 23.1 Å². The molecule has 0 N–H and O–H groups in total. The monoisotopic (exact) mass is 248 g/mol. The number of hydrogen-bond acceptors (Lipinski definition) is 2. The van der Waals surface area contributed by atoms with E-state index in [1.165, 1.54) is 5.56 Å². The van der Waals surface area contributed by atoms with Gasteiger partial charge in [-0.3, -0.25) is 4.90 Å². The number of hydrogen-bond donors (Lipinski definition) is 0. The number of benzene rings is 1. The fourth-order valence-electron chi connectivity index (χ4n) is 2.21. The van der Waals surface area contributed by atoms with E-state index < -0.39 is 0 Å². The maximum atomic E-state index is 8.85. The van der Waals surface area contributed by atoms with E-state index >= 15 is 0 Å². The summed E-state index contributed by atoms with van der Waals surface area (Å²) in [7, 11) is 0. The molecule has 0 radical (unpaired) electrons. The van der Waals surface area contributed by atoms with Crippen molar-refractivity contribution in [3.63, 3.8) is 0 Å². The number of nitrogens with zero attached hydrogens (tertiary/aromatic N) is 2. The van der Waals surface area contributed by atoms with Gasteiger partial charge in [0.2, 0.25) is 0 Å². The fourth-order valence-corrected chi connectivity index (χ4v) is 2.42. The Labute approximate surface area is 108 Å². The molecule has 0 atom stereocenters. The summed E-state index contributed by atoms with van der Waals surface area (Å²) in [5, 5.41) is 9.69. The second kappa shape index (κ2) is 5.53. The Kier molecular flexibility index (Phi) is 4.04. The minimum absolute atomic E-state index is 0.257. The molecule has 1 aromatic carbocycles. The minimum atomic E-state index is 0.257. The van der Waals surface area contributed by atoms with Crippen LogP contribution in [0.25, 0.3) is 0 Å². The second-order valence-corrected chi connectivity index (χ2v) is 5.17. The maximum absolute atomic E-state index is 8.85. The third-order valence-electron chi connectivity index (χ3n) is 3.41. The van der Waals surface area contributed by atoms with Crippen molar-refractivity contribution in [3.8, 4) is 6.07 Å². The van der Waals surface area contributed by atoms with E-state index in [1.54, 1.807) is 0 Å². The Morgan fingerprint density at radius 1 is 1.41 bits per heavy atom. The van der Waals surface area contributed by atoms with Gasteiger partial charge in [0.05, 0.1) is 6.07 Å². The molecule has 0 amide bonds. The first-order valence-corrected chi connectivity index (χ1v) is 6.44. The summed E-state index contributed by atoms with van der Waals surface area (Å²) in [6, 6.07) is 8.61. The highest BCUT2D eigenvalue weighted by atomic mass is 35.5. The minimum Gasteiger partial charge on any atom is -0.299 e. The van der Waals surface area contributed by atoms with Crippen molar-refractivity contribution in [2.24, 2.45) is 5.92 Å². The van der Waals surface area contributed by atoms with Crippen LogP contribution in [0.2, 0.25) is 5.02 Å². The number of likely N-dealkylation sites (tertiary alicyclic amines) is 1. The molecule has 1 aliphatic rings. The van der Waals surface area contributed by atoms with E-state index in [-0.39, 0.29) is 5.92 Å². The topological polar surface area (TPSA) is 27.0 Å². The van der Waals surface area contributed by atoms with Crippen LogP contribution in [0.1, 0.15) is 24.0 Å². The molecule has 2 nitrogen and oxygen atoms in total. The van der Waals surface area contributed by atoms with Crippen LogP contribution in [0.3, 0.4) is 0 Å². The highest BCUT2D eigenvalue weighted by Gasteiger charge is 2.18. The lowest BCUT2D eigenvalue weighted by Gasteiger charge is -2.29. The van der Waals surface area contributed by atoms with Crippen LogP contribution in [0.5, 0.6) is 0 Å². The first-order valence-electron chi connectivity index (χ1n) is 6.06. The molecule has 0 saturated carbocycles. The first-order chi connectivity index (χ1) is 8.19. The Morgan fingerprint density at radius 2 is 2.12 bits per heavy atom. The quantitative estimate of drug-likeness (QED) is 0.802. The average Bonchev–Trinajstić information content (AvgIpc) is 2.35. The van der Waals surface area contributed by atoms with Gasteiger partial charge >= 0.3 is 0 Å². The van der Waals surface area contributed by atoms with Crippen molar-refractivity contribution in [2.75, 3.05) is 13.1 Å². The zero-order valence-electron chi connectivity index (χ0n) is 10.1. The lowest BCUT2D eigenvalue weighted by Crippen LogP contribution is -2.32. The summed E-state index contributed by atoms with van der Waals surface area (Å²) in [5.74, 6) is 0.257. The molecule has 0 aromatic heterocycles. The predicted molar refractivity (Wildman–Crippen MR) is 69.8 cm³/mol. The van der Waals surface area contributed by atoms with Crippen LogP contribution in [0, 0.1) is 24.2 Å². The molecule has 90 valence electrons. The Balaban J connectivity index is 1.93. The predicted octanol–water partition coefficient (Wildman–Crippen LogP) is 3.38. The van der Waals surface area contributed by atoms with Gasteiger partial charge in [0, 0.05) is 17.5 Å². The summed E-state index contributed by atoms with van der Waals surface area (Å²) >= 11 is 6.12. The normalized spacial score (nSPS) is 17.9. The molecule has 0 bridgehead atoms. The van der Waals surface area contributed by atoms with Gasteiger partial charge in [-0.1, -0.05) is 23.7 Å². The molecule has 17 heavy (non-hydrogen) atoms. The number of halogens is 1.